The van der Waals surface area contributed by atoms with Gasteiger partial charge in [0.15, 0.2) is 11.6 Å². The Hall–Kier alpha value is -1.20. The van der Waals surface area contributed by atoms with E-state index in [0.717, 1.165) is 12.1 Å². The minimum Gasteiger partial charge on any atom is -0.492 e. The van der Waals surface area contributed by atoms with Crippen molar-refractivity contribution in [3.05, 3.63) is 29.8 Å². The number of likely N-dealkylation sites (N-methyl/N-ethyl adjacent to an activating group) is 1. The number of benzene rings is 1. The molecule has 1 atom stereocenters. The smallest absolute Gasteiger partial charge is 0.162 e. The molecule has 16 heavy (non-hydrogen) atoms. The Morgan fingerprint density at radius 3 is 2.56 bits per heavy atom. The molecule has 0 bridgehead atoms. The van der Waals surface area contributed by atoms with Crippen LogP contribution in [0.1, 0.15) is 0 Å². The van der Waals surface area contributed by atoms with Gasteiger partial charge in [-0.05, 0) is 26.2 Å². The van der Waals surface area contributed by atoms with Crippen molar-refractivity contribution >= 4 is 0 Å². The van der Waals surface area contributed by atoms with Gasteiger partial charge in [0.1, 0.15) is 12.4 Å². The Morgan fingerprint density at radius 1 is 1.31 bits per heavy atom. The summed E-state index contributed by atoms with van der Waals surface area (Å²) in [5.74, 6) is -1.52. The first-order valence-electron chi connectivity index (χ1n) is 4.97. The number of nitrogens with two attached hydrogens (primary N) is 1. The maximum atomic E-state index is 12.8. The molecule has 1 unspecified atom stereocenters. The molecule has 0 saturated carbocycles. The molecule has 2 N–H and O–H groups in total. The lowest BCUT2D eigenvalue weighted by molar-refractivity contribution is 0.253. The van der Waals surface area contributed by atoms with Gasteiger partial charge in [-0.2, -0.15) is 0 Å². The molecule has 0 spiro atoms. The second kappa shape index (κ2) is 5.77. The van der Waals surface area contributed by atoms with Crippen LogP contribution in [0.25, 0.3) is 0 Å². The van der Waals surface area contributed by atoms with Crippen molar-refractivity contribution in [3.63, 3.8) is 0 Å². The van der Waals surface area contributed by atoms with E-state index in [1.165, 1.54) is 6.07 Å². The number of hydrogen-bond donors (Lipinski definition) is 1. The molecular weight excluding hydrogens is 214 g/mol. The predicted octanol–water partition coefficient (Wildman–Crippen LogP) is 1.23. The Kier molecular flexibility index (Phi) is 4.64. The third kappa shape index (κ3) is 4.12. The monoisotopic (exact) mass is 230 g/mol. The van der Waals surface area contributed by atoms with E-state index in [-0.39, 0.29) is 18.4 Å². The molecule has 1 aromatic carbocycles. The zero-order valence-corrected chi connectivity index (χ0v) is 9.41. The average molecular weight is 230 g/mol. The first-order chi connectivity index (χ1) is 7.49. The van der Waals surface area contributed by atoms with E-state index in [4.69, 9.17) is 10.5 Å². The number of rotatable bonds is 5. The van der Waals surface area contributed by atoms with Gasteiger partial charge < -0.3 is 15.4 Å². The third-order valence-electron chi connectivity index (χ3n) is 1.95. The summed E-state index contributed by atoms with van der Waals surface area (Å²) in [5, 5.41) is 0. The van der Waals surface area contributed by atoms with Crippen LogP contribution >= 0.6 is 0 Å². The molecule has 0 saturated heterocycles. The van der Waals surface area contributed by atoms with Crippen molar-refractivity contribution in [1.29, 1.82) is 0 Å². The summed E-state index contributed by atoms with van der Waals surface area (Å²) in [7, 11) is 3.80. The molecule has 3 nitrogen and oxygen atoms in total. The van der Waals surface area contributed by atoms with E-state index in [9.17, 15) is 8.78 Å². The second-order valence-electron chi connectivity index (χ2n) is 3.91. The molecule has 0 aliphatic carbocycles. The first-order valence-corrected chi connectivity index (χ1v) is 4.97. The van der Waals surface area contributed by atoms with Gasteiger partial charge >= 0.3 is 0 Å². The van der Waals surface area contributed by atoms with Crippen molar-refractivity contribution in [2.24, 2.45) is 5.73 Å². The second-order valence-corrected chi connectivity index (χ2v) is 3.91. The highest BCUT2D eigenvalue weighted by Gasteiger charge is 2.07. The molecule has 0 aromatic heterocycles. The molecule has 5 heteroatoms. The summed E-state index contributed by atoms with van der Waals surface area (Å²) in [6.45, 7) is 0.937. The number of ether oxygens (including phenoxy) is 1. The van der Waals surface area contributed by atoms with Crippen molar-refractivity contribution in [2.45, 2.75) is 6.04 Å². The fourth-order valence-electron chi connectivity index (χ4n) is 1.29. The van der Waals surface area contributed by atoms with E-state index < -0.39 is 11.6 Å². The van der Waals surface area contributed by atoms with E-state index in [0.29, 0.717) is 6.54 Å². The lowest BCUT2D eigenvalue weighted by Crippen LogP contribution is -2.37. The van der Waals surface area contributed by atoms with E-state index in [1.807, 2.05) is 19.0 Å². The Morgan fingerprint density at radius 2 is 2.00 bits per heavy atom. The maximum Gasteiger partial charge on any atom is 0.162 e. The summed E-state index contributed by atoms with van der Waals surface area (Å²) in [6, 6.07) is 3.25. The molecule has 90 valence electrons. The quantitative estimate of drug-likeness (QED) is 0.827. The normalized spacial score (nSPS) is 12.9. The largest absolute Gasteiger partial charge is 0.492 e. The van der Waals surface area contributed by atoms with Crippen molar-refractivity contribution in [2.75, 3.05) is 27.2 Å². The molecule has 0 aliphatic heterocycles. The molecule has 0 amide bonds. The summed E-state index contributed by atoms with van der Waals surface area (Å²) in [4.78, 5) is 1.93. The van der Waals surface area contributed by atoms with Crippen LogP contribution < -0.4 is 10.5 Å². The number of halogens is 2. The zero-order valence-electron chi connectivity index (χ0n) is 9.41. The van der Waals surface area contributed by atoms with Gasteiger partial charge in [-0.25, -0.2) is 8.78 Å². The predicted molar refractivity (Wildman–Crippen MR) is 58.4 cm³/mol. The van der Waals surface area contributed by atoms with Crippen LogP contribution in [0.3, 0.4) is 0 Å². The lowest BCUT2D eigenvalue weighted by atomic mass is 10.3. The van der Waals surface area contributed by atoms with Crippen molar-refractivity contribution < 1.29 is 13.5 Å². The molecule has 1 aromatic rings. The molecule has 1 rings (SSSR count). The van der Waals surface area contributed by atoms with Crippen LogP contribution in [0.5, 0.6) is 5.75 Å². The van der Waals surface area contributed by atoms with E-state index >= 15 is 0 Å². The maximum absolute atomic E-state index is 12.8. The summed E-state index contributed by atoms with van der Waals surface area (Å²) >= 11 is 0. The zero-order chi connectivity index (χ0) is 12.1. The van der Waals surface area contributed by atoms with Crippen LogP contribution in [-0.4, -0.2) is 38.2 Å². The molecule has 0 fully saturated rings. The van der Waals surface area contributed by atoms with Gasteiger partial charge in [0.25, 0.3) is 0 Å². The van der Waals surface area contributed by atoms with Crippen LogP contribution in [0.2, 0.25) is 0 Å². The fourth-order valence-corrected chi connectivity index (χ4v) is 1.29. The highest BCUT2D eigenvalue weighted by molar-refractivity contribution is 5.23. The summed E-state index contributed by atoms with van der Waals surface area (Å²) < 4.78 is 30.7. The average Bonchev–Trinajstić information content (AvgIpc) is 2.19. The Bertz CT molecular complexity index is 345. The van der Waals surface area contributed by atoms with E-state index in [2.05, 4.69) is 0 Å². The topological polar surface area (TPSA) is 38.5 Å². The Labute approximate surface area is 93.8 Å². The molecule has 0 heterocycles. The summed E-state index contributed by atoms with van der Waals surface area (Å²) in [6.07, 6.45) is 0. The van der Waals surface area contributed by atoms with Gasteiger partial charge in [-0.3, -0.25) is 0 Å². The van der Waals surface area contributed by atoms with Gasteiger partial charge in [0.05, 0.1) is 6.04 Å². The third-order valence-corrected chi connectivity index (χ3v) is 1.95. The lowest BCUT2D eigenvalue weighted by Gasteiger charge is -2.17. The van der Waals surface area contributed by atoms with Crippen molar-refractivity contribution in [3.8, 4) is 5.75 Å². The minimum absolute atomic E-state index is 0.164. The van der Waals surface area contributed by atoms with Gasteiger partial charge in [-0.1, -0.05) is 0 Å². The van der Waals surface area contributed by atoms with Crippen LogP contribution in [0, 0.1) is 11.6 Å². The first kappa shape index (κ1) is 12.9. The van der Waals surface area contributed by atoms with Gasteiger partial charge in [0.2, 0.25) is 0 Å². The molecule has 0 aliphatic rings. The molecular formula is C11H16F2N2O. The highest BCUT2D eigenvalue weighted by atomic mass is 19.2. The summed E-state index contributed by atoms with van der Waals surface area (Å²) in [5.41, 5.74) is 5.76. The minimum atomic E-state index is -0.918. The van der Waals surface area contributed by atoms with Gasteiger partial charge in [0, 0.05) is 12.6 Å². The number of hydrogen-bond acceptors (Lipinski definition) is 3. The SMILES string of the molecule is CN(C)CC(N)COc1ccc(F)c(F)c1. The van der Waals surface area contributed by atoms with Crippen molar-refractivity contribution in [1.82, 2.24) is 4.90 Å². The van der Waals surface area contributed by atoms with Gasteiger partial charge in [-0.15, -0.1) is 0 Å². The van der Waals surface area contributed by atoms with Crippen LogP contribution in [0.4, 0.5) is 8.78 Å². The van der Waals surface area contributed by atoms with Crippen LogP contribution in [-0.2, 0) is 0 Å². The van der Waals surface area contributed by atoms with E-state index in [1.54, 1.807) is 0 Å². The number of nitrogens with zero attached hydrogens (tertiary/aromatic N) is 1. The Balaban J connectivity index is 2.45. The molecule has 0 radical (unpaired) electrons. The standard InChI is InChI=1S/C11H16F2N2O/c1-15(2)6-8(14)7-16-9-3-4-10(12)11(13)5-9/h3-5,8H,6-7,14H2,1-2H3. The highest BCUT2D eigenvalue weighted by Crippen LogP contribution is 2.15. The fraction of sp³-hybridized carbons (Fsp3) is 0.455. The van der Waals surface area contributed by atoms with Crippen LogP contribution in [0.15, 0.2) is 18.2 Å².